The van der Waals surface area contributed by atoms with Gasteiger partial charge in [0.2, 0.25) is 0 Å². The van der Waals surface area contributed by atoms with Gasteiger partial charge in [0.05, 0.1) is 6.61 Å². The molecule has 104 valence electrons. The molecule has 1 aromatic carbocycles. The van der Waals surface area contributed by atoms with Crippen molar-refractivity contribution in [2.45, 2.75) is 38.3 Å². The number of para-hydroxylation sites is 1. The van der Waals surface area contributed by atoms with Crippen LogP contribution >= 0.6 is 0 Å². The molecular weight excluding hydrogens is 236 g/mol. The van der Waals surface area contributed by atoms with Crippen LogP contribution in [0.1, 0.15) is 37.8 Å². The van der Waals surface area contributed by atoms with Crippen LogP contribution in [0.25, 0.3) is 0 Å². The van der Waals surface area contributed by atoms with E-state index in [1.54, 1.807) is 0 Å². The van der Waals surface area contributed by atoms with E-state index in [0.717, 1.165) is 18.8 Å². The Labute approximate surface area is 115 Å². The predicted octanol–water partition coefficient (Wildman–Crippen LogP) is 2.58. The van der Waals surface area contributed by atoms with E-state index in [0.29, 0.717) is 12.1 Å². The zero-order valence-corrected chi connectivity index (χ0v) is 11.8. The number of nitrogens with zero attached hydrogens (tertiary/aromatic N) is 1. The topological polar surface area (TPSA) is 24.5 Å². The lowest BCUT2D eigenvalue weighted by molar-refractivity contribution is 0.229. The van der Waals surface area contributed by atoms with Crippen molar-refractivity contribution >= 4 is 0 Å². The van der Waals surface area contributed by atoms with Gasteiger partial charge in [-0.2, -0.15) is 0 Å². The summed E-state index contributed by atoms with van der Waals surface area (Å²) in [5.41, 5.74) is 1.32. The van der Waals surface area contributed by atoms with E-state index in [1.807, 2.05) is 0 Å². The second kappa shape index (κ2) is 5.93. The Morgan fingerprint density at radius 3 is 2.95 bits per heavy atom. The van der Waals surface area contributed by atoms with Gasteiger partial charge in [-0.25, -0.2) is 0 Å². The second-order valence-electron chi connectivity index (χ2n) is 5.80. The van der Waals surface area contributed by atoms with Crippen LogP contribution in [-0.4, -0.2) is 37.2 Å². The SMILES string of the molecule is CC(CN1CCCC1)NC1CCOc2ccccc21. The first kappa shape index (κ1) is 12.9. The van der Waals surface area contributed by atoms with Crippen molar-refractivity contribution in [3.63, 3.8) is 0 Å². The number of hydrogen-bond acceptors (Lipinski definition) is 3. The highest BCUT2D eigenvalue weighted by Gasteiger charge is 2.23. The molecule has 19 heavy (non-hydrogen) atoms. The Kier molecular flexibility index (Phi) is 4.04. The molecule has 2 aliphatic heterocycles. The molecule has 0 saturated carbocycles. The summed E-state index contributed by atoms with van der Waals surface area (Å²) < 4.78 is 5.72. The van der Waals surface area contributed by atoms with Gasteiger partial charge in [-0.15, -0.1) is 0 Å². The minimum atomic E-state index is 0.447. The van der Waals surface area contributed by atoms with E-state index in [1.165, 1.54) is 38.0 Å². The summed E-state index contributed by atoms with van der Waals surface area (Å²) in [6.07, 6.45) is 3.81. The molecule has 0 aliphatic carbocycles. The number of likely N-dealkylation sites (tertiary alicyclic amines) is 1. The monoisotopic (exact) mass is 260 g/mol. The van der Waals surface area contributed by atoms with Gasteiger partial charge in [-0.05, 0) is 38.9 Å². The molecule has 1 fully saturated rings. The van der Waals surface area contributed by atoms with E-state index >= 15 is 0 Å². The average Bonchev–Trinajstić information content (AvgIpc) is 2.92. The van der Waals surface area contributed by atoms with E-state index in [4.69, 9.17) is 4.74 Å². The molecule has 0 aromatic heterocycles. The van der Waals surface area contributed by atoms with Crippen LogP contribution in [0.4, 0.5) is 0 Å². The summed E-state index contributed by atoms with van der Waals surface area (Å²) in [4.78, 5) is 2.57. The molecule has 3 nitrogen and oxygen atoms in total. The molecule has 1 aromatic rings. The summed E-state index contributed by atoms with van der Waals surface area (Å²) in [5, 5.41) is 3.78. The molecule has 0 bridgehead atoms. The van der Waals surface area contributed by atoms with Crippen LogP contribution in [0, 0.1) is 0 Å². The van der Waals surface area contributed by atoms with Gasteiger partial charge in [0.1, 0.15) is 5.75 Å². The Bertz CT molecular complexity index is 415. The molecular formula is C16H24N2O. The first-order chi connectivity index (χ1) is 9.33. The summed E-state index contributed by atoms with van der Waals surface area (Å²) in [6, 6.07) is 9.41. The smallest absolute Gasteiger partial charge is 0.124 e. The third kappa shape index (κ3) is 3.10. The first-order valence-electron chi connectivity index (χ1n) is 7.53. The maximum absolute atomic E-state index is 5.72. The van der Waals surface area contributed by atoms with Gasteiger partial charge in [0, 0.05) is 30.6 Å². The highest BCUT2D eigenvalue weighted by molar-refractivity contribution is 5.37. The molecule has 2 heterocycles. The molecule has 3 rings (SSSR count). The number of ether oxygens (including phenoxy) is 1. The van der Waals surface area contributed by atoms with Crippen LogP contribution in [0.5, 0.6) is 5.75 Å². The molecule has 0 radical (unpaired) electrons. The van der Waals surface area contributed by atoms with Gasteiger partial charge in [-0.3, -0.25) is 0 Å². The van der Waals surface area contributed by atoms with Crippen molar-refractivity contribution in [3.05, 3.63) is 29.8 Å². The van der Waals surface area contributed by atoms with Crippen molar-refractivity contribution in [1.82, 2.24) is 10.2 Å². The van der Waals surface area contributed by atoms with Crippen molar-refractivity contribution in [2.75, 3.05) is 26.2 Å². The maximum Gasteiger partial charge on any atom is 0.124 e. The first-order valence-corrected chi connectivity index (χ1v) is 7.53. The number of rotatable bonds is 4. The van der Waals surface area contributed by atoms with E-state index < -0.39 is 0 Å². The highest BCUT2D eigenvalue weighted by atomic mass is 16.5. The van der Waals surface area contributed by atoms with Gasteiger partial charge < -0.3 is 15.0 Å². The van der Waals surface area contributed by atoms with Crippen molar-refractivity contribution in [1.29, 1.82) is 0 Å². The fourth-order valence-corrected chi connectivity index (χ4v) is 3.26. The molecule has 1 N–H and O–H groups in total. The zero-order chi connectivity index (χ0) is 13.1. The van der Waals surface area contributed by atoms with Gasteiger partial charge in [0.15, 0.2) is 0 Å². The van der Waals surface area contributed by atoms with Gasteiger partial charge >= 0.3 is 0 Å². The minimum Gasteiger partial charge on any atom is -0.493 e. The summed E-state index contributed by atoms with van der Waals surface area (Å²) in [7, 11) is 0. The maximum atomic E-state index is 5.72. The quantitative estimate of drug-likeness (QED) is 0.900. The lowest BCUT2D eigenvalue weighted by atomic mass is 10.00. The van der Waals surface area contributed by atoms with Crippen molar-refractivity contribution < 1.29 is 4.74 Å². The Morgan fingerprint density at radius 1 is 1.32 bits per heavy atom. The van der Waals surface area contributed by atoms with Gasteiger partial charge in [-0.1, -0.05) is 18.2 Å². The summed E-state index contributed by atoms with van der Waals surface area (Å²) in [6.45, 7) is 6.84. The zero-order valence-electron chi connectivity index (χ0n) is 11.8. The fraction of sp³-hybridized carbons (Fsp3) is 0.625. The number of fused-ring (bicyclic) bond motifs is 1. The number of hydrogen-bond donors (Lipinski definition) is 1. The molecule has 0 spiro atoms. The molecule has 3 heteroatoms. The summed E-state index contributed by atoms with van der Waals surface area (Å²) in [5.74, 6) is 1.06. The van der Waals surface area contributed by atoms with Crippen molar-refractivity contribution in [3.8, 4) is 5.75 Å². The molecule has 0 amide bonds. The Morgan fingerprint density at radius 2 is 2.11 bits per heavy atom. The van der Waals surface area contributed by atoms with E-state index in [-0.39, 0.29) is 0 Å². The second-order valence-corrected chi connectivity index (χ2v) is 5.80. The van der Waals surface area contributed by atoms with E-state index in [2.05, 4.69) is 41.4 Å². The predicted molar refractivity (Wildman–Crippen MR) is 77.6 cm³/mol. The van der Waals surface area contributed by atoms with Crippen LogP contribution in [0.15, 0.2) is 24.3 Å². The van der Waals surface area contributed by atoms with E-state index in [9.17, 15) is 0 Å². The largest absolute Gasteiger partial charge is 0.493 e. The van der Waals surface area contributed by atoms with Crippen LogP contribution < -0.4 is 10.1 Å². The standard InChI is InChI=1S/C16H24N2O/c1-13(12-18-9-4-5-10-18)17-15-8-11-19-16-7-3-2-6-14(15)16/h2-3,6-7,13,15,17H,4-5,8-12H2,1H3. The summed E-state index contributed by atoms with van der Waals surface area (Å²) >= 11 is 0. The Hall–Kier alpha value is -1.06. The van der Waals surface area contributed by atoms with Crippen LogP contribution in [0.3, 0.4) is 0 Å². The normalized spacial score (nSPS) is 24.8. The number of benzene rings is 1. The Balaban J connectivity index is 1.60. The fourth-order valence-electron chi connectivity index (χ4n) is 3.26. The average molecular weight is 260 g/mol. The minimum absolute atomic E-state index is 0.447. The third-order valence-electron chi connectivity index (χ3n) is 4.17. The lowest BCUT2D eigenvalue weighted by Gasteiger charge is -2.30. The third-order valence-corrected chi connectivity index (χ3v) is 4.17. The van der Waals surface area contributed by atoms with Crippen LogP contribution in [0.2, 0.25) is 0 Å². The molecule has 2 atom stereocenters. The molecule has 1 saturated heterocycles. The van der Waals surface area contributed by atoms with Crippen molar-refractivity contribution in [2.24, 2.45) is 0 Å². The molecule has 2 aliphatic rings. The lowest BCUT2D eigenvalue weighted by Crippen LogP contribution is -2.41. The molecule has 2 unspecified atom stereocenters. The van der Waals surface area contributed by atoms with Gasteiger partial charge in [0.25, 0.3) is 0 Å². The number of nitrogens with one attached hydrogen (secondary N) is 1. The highest BCUT2D eigenvalue weighted by Crippen LogP contribution is 2.31. The van der Waals surface area contributed by atoms with Crippen LogP contribution in [-0.2, 0) is 0 Å².